The number of hydrogen-bond acceptors (Lipinski definition) is 5. The minimum Gasteiger partial charge on any atom is -0.351 e. The van der Waals surface area contributed by atoms with Crippen molar-refractivity contribution >= 4 is 28.6 Å². The summed E-state index contributed by atoms with van der Waals surface area (Å²) in [6, 6.07) is 2.05. The normalized spacial score (nSPS) is 21.0. The van der Waals surface area contributed by atoms with Gasteiger partial charge >= 0.3 is 0 Å². The molecule has 3 heterocycles. The third-order valence-corrected chi connectivity index (χ3v) is 6.79. The molecule has 2 aromatic rings. The van der Waals surface area contributed by atoms with E-state index < -0.39 is 0 Å². The summed E-state index contributed by atoms with van der Waals surface area (Å²) in [7, 11) is 0. The minimum absolute atomic E-state index is 0.0155. The van der Waals surface area contributed by atoms with Crippen molar-refractivity contribution < 1.29 is 4.79 Å². The van der Waals surface area contributed by atoms with Crippen LogP contribution < -0.4 is 5.32 Å². The molecule has 6 heteroatoms. The van der Waals surface area contributed by atoms with E-state index >= 15 is 0 Å². The molecule has 0 aromatic carbocycles. The van der Waals surface area contributed by atoms with E-state index in [0.29, 0.717) is 0 Å². The number of carbonyl (C=O) groups excluding carboxylic acids is 1. The molecule has 0 aliphatic carbocycles. The molecule has 1 saturated heterocycles. The van der Waals surface area contributed by atoms with E-state index in [-0.39, 0.29) is 5.91 Å². The summed E-state index contributed by atoms with van der Waals surface area (Å²) in [6.45, 7) is 11.0. The Bertz CT molecular complexity index is 701. The molecule has 0 spiro atoms. The number of piperidine rings is 1. The number of aromatic nitrogens is 1. The maximum absolute atomic E-state index is 12.5. The van der Waals surface area contributed by atoms with Crippen LogP contribution in [-0.2, 0) is 0 Å². The second-order valence-electron chi connectivity index (χ2n) is 7.61. The summed E-state index contributed by atoms with van der Waals surface area (Å²) in [4.78, 5) is 20.3. The molecule has 4 nitrogen and oxygen atoms in total. The molecular weight excluding hydrogens is 362 g/mol. The summed E-state index contributed by atoms with van der Waals surface area (Å²) < 4.78 is 0. The van der Waals surface area contributed by atoms with Crippen molar-refractivity contribution in [1.82, 2.24) is 15.2 Å². The van der Waals surface area contributed by atoms with Gasteiger partial charge in [-0.3, -0.25) is 4.79 Å². The van der Waals surface area contributed by atoms with Gasteiger partial charge in [-0.1, -0.05) is 13.8 Å². The van der Waals surface area contributed by atoms with E-state index in [2.05, 4.69) is 34.4 Å². The van der Waals surface area contributed by atoms with Gasteiger partial charge in [0.05, 0.1) is 5.69 Å². The number of thiazole rings is 1. The van der Waals surface area contributed by atoms with Crippen molar-refractivity contribution in [2.45, 2.75) is 40.0 Å². The molecule has 0 unspecified atom stereocenters. The smallest absolute Gasteiger partial charge is 0.263 e. The van der Waals surface area contributed by atoms with Crippen LogP contribution in [0.4, 0.5) is 0 Å². The monoisotopic (exact) mass is 391 g/mol. The van der Waals surface area contributed by atoms with Gasteiger partial charge in [-0.15, -0.1) is 11.3 Å². The van der Waals surface area contributed by atoms with Crippen molar-refractivity contribution in [3.05, 3.63) is 27.4 Å². The molecule has 0 bridgehead atoms. The SMILES string of the molecule is Cc1nc(-c2ccsc2)sc1C(=O)NCCCCN1C[C@@H](C)C[C@H](C)C1. The fourth-order valence-electron chi connectivity index (χ4n) is 3.83. The number of unbranched alkanes of at least 4 members (excludes halogenated alkanes) is 1. The number of nitrogens with one attached hydrogen (secondary N) is 1. The maximum Gasteiger partial charge on any atom is 0.263 e. The Morgan fingerprint density at radius 1 is 1.31 bits per heavy atom. The molecule has 2 aromatic heterocycles. The van der Waals surface area contributed by atoms with Gasteiger partial charge in [-0.05, 0) is 56.0 Å². The molecular formula is C20H29N3OS2. The zero-order chi connectivity index (χ0) is 18.5. The lowest BCUT2D eigenvalue weighted by Gasteiger charge is -2.34. The molecule has 0 saturated carbocycles. The first kappa shape index (κ1) is 19.5. The average molecular weight is 392 g/mol. The van der Waals surface area contributed by atoms with Crippen LogP contribution in [0.1, 0.15) is 48.5 Å². The van der Waals surface area contributed by atoms with Crippen LogP contribution in [0.2, 0.25) is 0 Å². The van der Waals surface area contributed by atoms with Crippen molar-refractivity contribution in [3.8, 4) is 10.6 Å². The van der Waals surface area contributed by atoms with Crippen LogP contribution in [0, 0.1) is 18.8 Å². The van der Waals surface area contributed by atoms with E-state index in [1.807, 2.05) is 18.4 Å². The lowest BCUT2D eigenvalue weighted by molar-refractivity contribution is 0.0955. The third-order valence-electron chi connectivity index (χ3n) is 4.90. The highest BCUT2D eigenvalue weighted by molar-refractivity contribution is 7.17. The number of thiophene rings is 1. The Kier molecular flexibility index (Phi) is 6.84. The van der Waals surface area contributed by atoms with Crippen molar-refractivity contribution in [2.75, 3.05) is 26.2 Å². The fourth-order valence-corrected chi connectivity index (χ4v) is 5.53. The van der Waals surface area contributed by atoms with Crippen molar-refractivity contribution in [1.29, 1.82) is 0 Å². The molecule has 1 aliphatic rings. The number of carbonyl (C=O) groups is 1. The summed E-state index contributed by atoms with van der Waals surface area (Å²) in [5.41, 5.74) is 1.93. The lowest BCUT2D eigenvalue weighted by atomic mass is 9.92. The molecule has 2 atom stereocenters. The Morgan fingerprint density at radius 3 is 2.77 bits per heavy atom. The van der Waals surface area contributed by atoms with E-state index in [4.69, 9.17) is 0 Å². The van der Waals surface area contributed by atoms with Crippen LogP contribution >= 0.6 is 22.7 Å². The first-order chi connectivity index (χ1) is 12.5. The Balaban J connectivity index is 1.41. The number of rotatable bonds is 7. The maximum atomic E-state index is 12.5. The highest BCUT2D eigenvalue weighted by atomic mass is 32.1. The van der Waals surface area contributed by atoms with Crippen LogP contribution in [0.3, 0.4) is 0 Å². The molecule has 1 amide bonds. The summed E-state index contributed by atoms with van der Waals surface area (Å²) in [5, 5.41) is 8.11. The standard InChI is InChI=1S/C20H29N3OS2/c1-14-10-15(2)12-23(11-14)8-5-4-7-21-19(24)18-16(3)22-20(26-18)17-6-9-25-13-17/h6,9,13-15H,4-5,7-8,10-12H2,1-3H3,(H,21,24)/t14-,15-/m0/s1. The average Bonchev–Trinajstić information content (AvgIpc) is 3.22. The Hall–Kier alpha value is -1.24. The number of amides is 1. The molecule has 26 heavy (non-hydrogen) atoms. The second kappa shape index (κ2) is 9.11. The van der Waals surface area contributed by atoms with E-state index in [1.165, 1.54) is 30.8 Å². The van der Waals surface area contributed by atoms with Crippen LogP contribution in [0.25, 0.3) is 10.6 Å². The summed E-state index contributed by atoms with van der Waals surface area (Å²) in [6.07, 6.45) is 3.52. The largest absolute Gasteiger partial charge is 0.351 e. The van der Waals surface area contributed by atoms with E-state index in [9.17, 15) is 4.79 Å². The lowest BCUT2D eigenvalue weighted by Crippen LogP contribution is -2.39. The topological polar surface area (TPSA) is 45.2 Å². The molecule has 1 fully saturated rings. The van der Waals surface area contributed by atoms with Crippen LogP contribution in [0.15, 0.2) is 16.8 Å². The van der Waals surface area contributed by atoms with Crippen molar-refractivity contribution in [3.63, 3.8) is 0 Å². The predicted molar refractivity (Wildman–Crippen MR) is 111 cm³/mol. The minimum atomic E-state index is 0.0155. The number of aryl methyl sites for hydroxylation is 1. The fraction of sp³-hybridized carbons (Fsp3) is 0.600. The zero-order valence-corrected chi connectivity index (χ0v) is 17.6. The first-order valence-electron chi connectivity index (χ1n) is 9.53. The van der Waals surface area contributed by atoms with Gasteiger partial charge in [-0.2, -0.15) is 11.3 Å². The number of likely N-dealkylation sites (tertiary alicyclic amines) is 1. The summed E-state index contributed by atoms with van der Waals surface area (Å²) in [5.74, 6) is 1.64. The van der Waals surface area contributed by atoms with Crippen LogP contribution in [0.5, 0.6) is 0 Å². The second-order valence-corrected chi connectivity index (χ2v) is 9.39. The summed E-state index contributed by atoms with van der Waals surface area (Å²) >= 11 is 3.14. The van der Waals surface area contributed by atoms with E-state index in [0.717, 1.165) is 58.9 Å². The first-order valence-corrected chi connectivity index (χ1v) is 11.3. The van der Waals surface area contributed by atoms with Crippen molar-refractivity contribution in [2.24, 2.45) is 11.8 Å². The number of nitrogens with zero attached hydrogens (tertiary/aromatic N) is 2. The van der Waals surface area contributed by atoms with Gasteiger partial charge in [0.2, 0.25) is 0 Å². The molecule has 142 valence electrons. The molecule has 3 rings (SSSR count). The third kappa shape index (κ3) is 5.15. The molecule has 1 N–H and O–H groups in total. The van der Waals surface area contributed by atoms with Crippen LogP contribution in [-0.4, -0.2) is 42.0 Å². The highest BCUT2D eigenvalue weighted by Gasteiger charge is 2.21. The van der Waals surface area contributed by atoms with Gasteiger partial charge in [0.25, 0.3) is 5.91 Å². The van der Waals surface area contributed by atoms with Gasteiger partial charge in [0, 0.05) is 30.6 Å². The molecule has 0 radical (unpaired) electrons. The van der Waals surface area contributed by atoms with Gasteiger partial charge in [-0.25, -0.2) is 4.98 Å². The highest BCUT2D eigenvalue weighted by Crippen LogP contribution is 2.29. The predicted octanol–water partition coefficient (Wildman–Crippen LogP) is 4.67. The van der Waals surface area contributed by atoms with Gasteiger partial charge in [0.1, 0.15) is 9.88 Å². The van der Waals surface area contributed by atoms with Gasteiger partial charge in [0.15, 0.2) is 0 Å². The van der Waals surface area contributed by atoms with Gasteiger partial charge < -0.3 is 10.2 Å². The van der Waals surface area contributed by atoms with E-state index in [1.54, 1.807) is 11.3 Å². The Labute approximate surface area is 164 Å². The quantitative estimate of drug-likeness (QED) is 0.698. The zero-order valence-electron chi connectivity index (χ0n) is 16.0. The Morgan fingerprint density at radius 2 is 2.08 bits per heavy atom. The number of hydrogen-bond donors (Lipinski definition) is 1. The molecule has 1 aliphatic heterocycles.